The van der Waals surface area contributed by atoms with E-state index in [1.54, 1.807) is 0 Å². The molecule has 0 unspecified atom stereocenters. The second-order valence-electron chi connectivity index (χ2n) is 3.00. The molecule has 2 N–H and O–H groups in total. The fourth-order valence-corrected chi connectivity index (χ4v) is 1.33. The van der Waals surface area contributed by atoms with Gasteiger partial charge in [-0.1, -0.05) is 26.0 Å². The molecule has 80 valence electrons. The van der Waals surface area contributed by atoms with Crippen LogP contribution in [0.25, 0.3) is 0 Å². The predicted molar refractivity (Wildman–Crippen MR) is 65.2 cm³/mol. The van der Waals surface area contributed by atoms with Crippen LogP contribution in [0.15, 0.2) is 29.2 Å². The number of hydrogen-bond donors (Lipinski definition) is 1. The summed E-state index contributed by atoms with van der Waals surface area (Å²) >= 11 is 1.28. The SMILES string of the molecule is CC.CN(C)Cc1ccc(SN)cc1. The lowest BCUT2D eigenvalue weighted by molar-refractivity contribution is 0.402. The van der Waals surface area contributed by atoms with Crippen molar-refractivity contribution in [3.05, 3.63) is 29.8 Å². The molecule has 0 aliphatic rings. The highest BCUT2D eigenvalue weighted by atomic mass is 32.2. The molecule has 0 amide bonds. The van der Waals surface area contributed by atoms with Gasteiger partial charge in [0.15, 0.2) is 0 Å². The van der Waals surface area contributed by atoms with Gasteiger partial charge in [0.2, 0.25) is 0 Å². The first-order valence-corrected chi connectivity index (χ1v) is 5.71. The molecule has 0 atom stereocenters. The maximum Gasteiger partial charge on any atom is 0.0227 e. The summed E-state index contributed by atoms with van der Waals surface area (Å²) in [5.74, 6) is 0. The maximum absolute atomic E-state index is 5.41. The van der Waals surface area contributed by atoms with Crippen molar-refractivity contribution < 1.29 is 0 Å². The molecule has 0 fully saturated rings. The fourth-order valence-electron chi connectivity index (χ4n) is 1.04. The van der Waals surface area contributed by atoms with Gasteiger partial charge in [-0.15, -0.1) is 0 Å². The van der Waals surface area contributed by atoms with Gasteiger partial charge in [0.05, 0.1) is 0 Å². The zero-order chi connectivity index (χ0) is 11.0. The molecule has 1 aromatic carbocycles. The van der Waals surface area contributed by atoms with Crippen molar-refractivity contribution in [2.24, 2.45) is 5.14 Å². The van der Waals surface area contributed by atoms with Gasteiger partial charge in [-0.05, 0) is 43.7 Å². The molecular weight excluding hydrogens is 192 g/mol. The van der Waals surface area contributed by atoms with E-state index in [0.717, 1.165) is 11.4 Å². The third-order valence-electron chi connectivity index (χ3n) is 1.56. The molecule has 1 aromatic rings. The van der Waals surface area contributed by atoms with E-state index < -0.39 is 0 Å². The van der Waals surface area contributed by atoms with Crippen LogP contribution in [0.4, 0.5) is 0 Å². The van der Waals surface area contributed by atoms with E-state index in [9.17, 15) is 0 Å². The van der Waals surface area contributed by atoms with Gasteiger partial charge in [-0.2, -0.15) is 0 Å². The summed E-state index contributed by atoms with van der Waals surface area (Å²) in [6.45, 7) is 4.98. The van der Waals surface area contributed by atoms with Crippen LogP contribution in [-0.2, 0) is 6.54 Å². The molecule has 0 saturated heterocycles. The minimum Gasteiger partial charge on any atom is -0.305 e. The average molecular weight is 212 g/mol. The van der Waals surface area contributed by atoms with Crippen molar-refractivity contribution in [1.29, 1.82) is 0 Å². The standard InChI is InChI=1S/C9H14N2S.C2H6/c1-11(2)7-8-3-5-9(12-10)6-4-8;1-2/h3-6H,7,10H2,1-2H3;1-2H3. The molecule has 1 rings (SSSR count). The fraction of sp³-hybridized carbons (Fsp3) is 0.455. The molecule has 0 bridgehead atoms. The second-order valence-corrected chi connectivity index (χ2v) is 3.71. The molecule has 0 aliphatic heterocycles. The summed E-state index contributed by atoms with van der Waals surface area (Å²) in [5, 5.41) is 5.41. The van der Waals surface area contributed by atoms with Gasteiger partial charge >= 0.3 is 0 Å². The Morgan fingerprint density at radius 2 is 1.64 bits per heavy atom. The molecule has 0 aromatic heterocycles. The zero-order valence-corrected chi connectivity index (χ0v) is 10.3. The van der Waals surface area contributed by atoms with E-state index in [0.29, 0.717) is 0 Å². The smallest absolute Gasteiger partial charge is 0.0227 e. The molecule has 0 heterocycles. The van der Waals surface area contributed by atoms with Crippen molar-refractivity contribution in [1.82, 2.24) is 4.90 Å². The number of hydrogen-bond acceptors (Lipinski definition) is 3. The summed E-state index contributed by atoms with van der Waals surface area (Å²) in [6, 6.07) is 8.30. The summed E-state index contributed by atoms with van der Waals surface area (Å²) in [4.78, 5) is 3.25. The van der Waals surface area contributed by atoms with E-state index in [-0.39, 0.29) is 0 Å². The third kappa shape index (κ3) is 5.27. The van der Waals surface area contributed by atoms with E-state index in [4.69, 9.17) is 5.14 Å². The third-order valence-corrected chi connectivity index (χ3v) is 2.10. The van der Waals surface area contributed by atoms with Crippen LogP contribution < -0.4 is 5.14 Å². The van der Waals surface area contributed by atoms with Crippen LogP contribution >= 0.6 is 11.9 Å². The minimum absolute atomic E-state index is 0.982. The minimum atomic E-state index is 0.982. The Morgan fingerprint density at radius 3 is 2.00 bits per heavy atom. The number of nitrogens with zero attached hydrogens (tertiary/aromatic N) is 1. The van der Waals surface area contributed by atoms with Gasteiger partial charge in [0, 0.05) is 11.4 Å². The lowest BCUT2D eigenvalue weighted by Crippen LogP contribution is -2.10. The van der Waals surface area contributed by atoms with Crippen LogP contribution in [0.1, 0.15) is 19.4 Å². The predicted octanol–water partition coefficient (Wildman–Crippen LogP) is 2.74. The van der Waals surface area contributed by atoms with Gasteiger partial charge in [-0.3, -0.25) is 5.14 Å². The molecular formula is C11H20N2S. The van der Waals surface area contributed by atoms with Crippen molar-refractivity contribution in [3.8, 4) is 0 Å². The molecule has 0 aliphatic carbocycles. The van der Waals surface area contributed by atoms with E-state index >= 15 is 0 Å². The van der Waals surface area contributed by atoms with Gasteiger partial charge in [0.25, 0.3) is 0 Å². The van der Waals surface area contributed by atoms with Crippen LogP contribution in [0, 0.1) is 0 Å². The van der Waals surface area contributed by atoms with Gasteiger partial charge in [0.1, 0.15) is 0 Å². The van der Waals surface area contributed by atoms with Gasteiger partial charge < -0.3 is 4.90 Å². The Morgan fingerprint density at radius 1 is 1.14 bits per heavy atom. The molecule has 0 saturated carbocycles. The van der Waals surface area contributed by atoms with Crippen LogP contribution in [0.2, 0.25) is 0 Å². The van der Waals surface area contributed by atoms with E-state index in [2.05, 4.69) is 31.1 Å². The molecule has 0 radical (unpaired) electrons. The first-order chi connectivity index (χ1) is 6.72. The Hall–Kier alpha value is -0.510. The first-order valence-electron chi connectivity index (χ1n) is 4.83. The highest BCUT2D eigenvalue weighted by molar-refractivity contribution is 7.97. The number of nitrogens with two attached hydrogens (primary N) is 1. The van der Waals surface area contributed by atoms with Gasteiger partial charge in [-0.25, -0.2) is 0 Å². The molecule has 3 heteroatoms. The first kappa shape index (κ1) is 13.5. The van der Waals surface area contributed by atoms with Crippen molar-refractivity contribution >= 4 is 11.9 Å². The second kappa shape index (κ2) is 7.85. The van der Waals surface area contributed by atoms with Crippen LogP contribution in [0.3, 0.4) is 0 Å². The Labute approximate surface area is 91.6 Å². The van der Waals surface area contributed by atoms with Crippen molar-refractivity contribution in [2.45, 2.75) is 25.3 Å². The monoisotopic (exact) mass is 212 g/mol. The normalized spacial score (nSPS) is 9.57. The molecule has 14 heavy (non-hydrogen) atoms. The highest BCUT2D eigenvalue weighted by Crippen LogP contribution is 2.12. The molecule has 2 nitrogen and oxygen atoms in total. The summed E-state index contributed by atoms with van der Waals surface area (Å²) < 4.78 is 0. The van der Waals surface area contributed by atoms with E-state index in [1.165, 1.54) is 17.5 Å². The molecule has 0 spiro atoms. The van der Waals surface area contributed by atoms with Crippen LogP contribution in [0.5, 0.6) is 0 Å². The lowest BCUT2D eigenvalue weighted by atomic mass is 10.2. The summed E-state index contributed by atoms with van der Waals surface area (Å²) in [7, 11) is 4.12. The quantitative estimate of drug-likeness (QED) is 0.781. The van der Waals surface area contributed by atoms with E-state index in [1.807, 2.05) is 26.0 Å². The number of benzene rings is 1. The Bertz CT molecular complexity index is 232. The van der Waals surface area contributed by atoms with Crippen molar-refractivity contribution in [2.75, 3.05) is 14.1 Å². The lowest BCUT2D eigenvalue weighted by Gasteiger charge is -2.09. The van der Waals surface area contributed by atoms with Crippen LogP contribution in [-0.4, -0.2) is 19.0 Å². The number of rotatable bonds is 3. The van der Waals surface area contributed by atoms with Crippen molar-refractivity contribution in [3.63, 3.8) is 0 Å². The zero-order valence-electron chi connectivity index (χ0n) is 9.45. The topological polar surface area (TPSA) is 29.3 Å². The maximum atomic E-state index is 5.41. The largest absolute Gasteiger partial charge is 0.305 e. The highest BCUT2D eigenvalue weighted by Gasteiger charge is 1.94. The summed E-state index contributed by atoms with van der Waals surface area (Å²) in [6.07, 6.45) is 0. The average Bonchev–Trinajstić information content (AvgIpc) is 2.21. The summed E-state index contributed by atoms with van der Waals surface area (Å²) in [5.41, 5.74) is 1.32. The Balaban J connectivity index is 0.000000791. The Kier molecular flexibility index (Phi) is 7.57.